The number of allylic oxidation sites excluding steroid dienone is 5. The molecule has 2 aliphatic rings. The van der Waals surface area contributed by atoms with Crippen LogP contribution in [0.1, 0.15) is 30.5 Å². The van der Waals surface area contributed by atoms with E-state index in [1.165, 1.54) is 77.2 Å². The molecule has 2 heteroatoms. The molecule has 0 unspecified atom stereocenters. The van der Waals surface area contributed by atoms with Crippen LogP contribution in [0.25, 0.3) is 72.1 Å². The molecule has 5 aromatic carbocycles. The highest BCUT2D eigenvalue weighted by molar-refractivity contribution is 6.10. The number of benzene rings is 5. The van der Waals surface area contributed by atoms with Gasteiger partial charge in [0.05, 0.1) is 16.6 Å². The summed E-state index contributed by atoms with van der Waals surface area (Å²) in [6.45, 7) is 0. The van der Waals surface area contributed by atoms with Gasteiger partial charge < -0.3 is 9.13 Å². The van der Waals surface area contributed by atoms with E-state index in [9.17, 15) is 0 Å². The number of hydrogen-bond acceptors (Lipinski definition) is 0. The number of nitrogens with zero attached hydrogens (tertiary/aromatic N) is 2. The third kappa shape index (κ3) is 3.51. The lowest BCUT2D eigenvalue weighted by molar-refractivity contribution is 0.863. The summed E-state index contributed by atoms with van der Waals surface area (Å²) in [5, 5.41) is 6.44. The van der Waals surface area contributed by atoms with Crippen molar-refractivity contribution in [1.29, 1.82) is 0 Å². The molecule has 7 aromatic rings. The molecular weight excluding hydrogens is 508 g/mol. The Balaban J connectivity index is 1.27. The van der Waals surface area contributed by atoms with Gasteiger partial charge in [-0.2, -0.15) is 0 Å². The van der Waals surface area contributed by atoms with Crippen molar-refractivity contribution in [2.24, 2.45) is 0 Å². The number of fused-ring (bicyclic) bond motifs is 7. The molecule has 0 radical (unpaired) electrons. The van der Waals surface area contributed by atoms with Crippen LogP contribution in [0.4, 0.5) is 0 Å². The van der Waals surface area contributed by atoms with Gasteiger partial charge in [-0.3, -0.25) is 0 Å². The van der Waals surface area contributed by atoms with Crippen molar-refractivity contribution in [3.63, 3.8) is 0 Å². The number of aromatic nitrogens is 2. The van der Waals surface area contributed by atoms with Gasteiger partial charge in [0.2, 0.25) is 0 Å². The third-order valence-electron chi connectivity index (χ3n) is 9.22. The summed E-state index contributed by atoms with van der Waals surface area (Å²) >= 11 is 0. The van der Waals surface area contributed by atoms with Gasteiger partial charge in [-0.1, -0.05) is 97.1 Å². The first-order valence-electron chi connectivity index (χ1n) is 15.1. The fourth-order valence-electron chi connectivity index (χ4n) is 7.25. The first kappa shape index (κ1) is 23.6. The first-order chi connectivity index (χ1) is 20.8. The van der Waals surface area contributed by atoms with E-state index >= 15 is 0 Å². The second-order valence-electron chi connectivity index (χ2n) is 11.6. The van der Waals surface area contributed by atoms with Crippen molar-refractivity contribution in [2.45, 2.75) is 25.7 Å². The summed E-state index contributed by atoms with van der Waals surface area (Å²) in [5.74, 6) is 0. The molecule has 0 atom stereocenters. The van der Waals surface area contributed by atoms with Crippen LogP contribution in [0.5, 0.6) is 0 Å². The normalized spacial score (nSPS) is 14.7. The van der Waals surface area contributed by atoms with Crippen LogP contribution in [0.3, 0.4) is 0 Å². The number of hydrogen-bond donors (Lipinski definition) is 0. The lowest BCUT2D eigenvalue weighted by Gasteiger charge is -2.17. The fourth-order valence-corrected chi connectivity index (χ4v) is 7.25. The minimum Gasteiger partial charge on any atom is -0.317 e. The van der Waals surface area contributed by atoms with Crippen molar-refractivity contribution in [3.8, 4) is 16.8 Å². The maximum Gasteiger partial charge on any atom is 0.0547 e. The molecule has 200 valence electrons. The van der Waals surface area contributed by atoms with Gasteiger partial charge in [0.25, 0.3) is 0 Å². The highest BCUT2D eigenvalue weighted by Crippen LogP contribution is 2.39. The van der Waals surface area contributed by atoms with Gasteiger partial charge in [0, 0.05) is 38.8 Å². The van der Waals surface area contributed by atoms with Gasteiger partial charge in [-0.05, 0) is 84.0 Å². The van der Waals surface area contributed by atoms with E-state index in [2.05, 4.69) is 143 Å². The molecular formula is C40H30N2. The molecule has 2 nitrogen and oxygen atoms in total. The Morgan fingerprint density at radius 3 is 2.12 bits per heavy atom. The maximum atomic E-state index is 2.56. The predicted molar refractivity (Wildman–Crippen MR) is 179 cm³/mol. The lowest BCUT2D eigenvalue weighted by atomic mass is 9.99. The standard InChI is InChI=1S/C40H30N2/c1-2-12-31(13-3-1)41-37-16-8-6-14-33(37)35-22-19-29(25-39(35)41)30-20-23-36-34-15-7-9-17-38(34)42(40(36)26-30)32-21-18-27-10-4-5-11-28(27)24-32/h1-2,4-7,9-12,14-15,17-26H,3,8,13,16H2. The van der Waals surface area contributed by atoms with Crippen molar-refractivity contribution >= 4 is 55.3 Å². The summed E-state index contributed by atoms with van der Waals surface area (Å²) in [6, 6.07) is 38.3. The van der Waals surface area contributed by atoms with E-state index < -0.39 is 0 Å². The highest BCUT2D eigenvalue weighted by Gasteiger charge is 2.21. The zero-order valence-electron chi connectivity index (χ0n) is 23.4. The largest absolute Gasteiger partial charge is 0.317 e. The summed E-state index contributed by atoms with van der Waals surface area (Å²) in [7, 11) is 0. The minimum absolute atomic E-state index is 1.08. The lowest BCUT2D eigenvalue weighted by Crippen LogP contribution is -2.05. The molecule has 2 heterocycles. The molecule has 0 bridgehead atoms. The van der Waals surface area contributed by atoms with Gasteiger partial charge in [0.15, 0.2) is 0 Å². The molecule has 0 saturated carbocycles. The molecule has 0 spiro atoms. The van der Waals surface area contributed by atoms with E-state index in [0.29, 0.717) is 0 Å². The van der Waals surface area contributed by atoms with Crippen molar-refractivity contribution < 1.29 is 0 Å². The summed E-state index contributed by atoms with van der Waals surface area (Å²) in [6.07, 6.45) is 15.9. The van der Waals surface area contributed by atoms with Crippen molar-refractivity contribution in [2.75, 3.05) is 0 Å². The topological polar surface area (TPSA) is 9.86 Å². The average Bonchev–Trinajstić information content (AvgIpc) is 3.57. The number of para-hydroxylation sites is 1. The van der Waals surface area contributed by atoms with E-state index in [0.717, 1.165) is 25.7 Å². The number of rotatable bonds is 3. The first-order valence-corrected chi connectivity index (χ1v) is 15.1. The van der Waals surface area contributed by atoms with Crippen LogP contribution in [0.2, 0.25) is 0 Å². The molecule has 0 N–H and O–H groups in total. The summed E-state index contributed by atoms with van der Waals surface area (Å²) < 4.78 is 5.00. The van der Waals surface area contributed by atoms with Gasteiger partial charge >= 0.3 is 0 Å². The molecule has 2 aliphatic carbocycles. The Morgan fingerprint density at radius 2 is 1.26 bits per heavy atom. The van der Waals surface area contributed by atoms with Crippen LogP contribution in [-0.2, 0) is 6.42 Å². The van der Waals surface area contributed by atoms with Crippen LogP contribution in [0, 0.1) is 0 Å². The molecule has 0 saturated heterocycles. The molecule has 2 aromatic heterocycles. The third-order valence-corrected chi connectivity index (χ3v) is 9.22. The monoisotopic (exact) mass is 538 g/mol. The van der Waals surface area contributed by atoms with E-state index in [1.807, 2.05) is 0 Å². The summed E-state index contributed by atoms with van der Waals surface area (Å²) in [5.41, 5.74) is 11.7. The van der Waals surface area contributed by atoms with Crippen LogP contribution < -0.4 is 0 Å². The van der Waals surface area contributed by atoms with Gasteiger partial charge in [-0.15, -0.1) is 0 Å². The van der Waals surface area contributed by atoms with Crippen molar-refractivity contribution in [1.82, 2.24) is 9.13 Å². The molecule has 9 rings (SSSR count). The Labute approximate surface area is 245 Å². The predicted octanol–water partition coefficient (Wildman–Crippen LogP) is 10.7. The van der Waals surface area contributed by atoms with E-state index in [1.54, 1.807) is 0 Å². The Morgan fingerprint density at radius 1 is 0.524 bits per heavy atom. The summed E-state index contributed by atoms with van der Waals surface area (Å²) in [4.78, 5) is 0. The zero-order valence-corrected chi connectivity index (χ0v) is 23.4. The van der Waals surface area contributed by atoms with Crippen LogP contribution >= 0.6 is 0 Å². The second-order valence-corrected chi connectivity index (χ2v) is 11.6. The smallest absolute Gasteiger partial charge is 0.0547 e. The zero-order chi connectivity index (χ0) is 27.6. The second kappa shape index (κ2) is 9.22. The molecule has 42 heavy (non-hydrogen) atoms. The Bertz CT molecular complexity index is 2300. The average molecular weight is 539 g/mol. The van der Waals surface area contributed by atoms with E-state index in [4.69, 9.17) is 0 Å². The van der Waals surface area contributed by atoms with Gasteiger partial charge in [0.1, 0.15) is 0 Å². The highest BCUT2D eigenvalue weighted by atomic mass is 15.0. The Hall–Kier alpha value is -5.08. The van der Waals surface area contributed by atoms with E-state index in [-0.39, 0.29) is 0 Å². The fraction of sp³-hybridized carbons (Fsp3) is 0.100. The maximum absolute atomic E-state index is 2.56. The molecule has 0 amide bonds. The molecule has 0 aliphatic heterocycles. The Kier molecular flexibility index (Phi) is 5.18. The minimum atomic E-state index is 1.08. The van der Waals surface area contributed by atoms with Gasteiger partial charge in [-0.25, -0.2) is 0 Å². The SMILES string of the molecule is C1=CCCC(n2c3c(c4ccc(-c5ccc6c7ccccc7n(-c7ccc8ccccc8c7)c6c5)cc42)C=CCC3)=C1. The van der Waals surface area contributed by atoms with Crippen molar-refractivity contribution in [3.05, 3.63) is 139 Å². The van der Waals surface area contributed by atoms with Crippen LogP contribution in [-0.4, -0.2) is 9.13 Å². The quantitative estimate of drug-likeness (QED) is 0.212. The molecule has 0 fully saturated rings. The van der Waals surface area contributed by atoms with Crippen LogP contribution in [0.15, 0.2) is 127 Å².